The average Bonchev–Trinajstić information content (AvgIpc) is 2.45. The smallest absolute Gasteiger partial charge is 0.276 e. The predicted molar refractivity (Wildman–Crippen MR) is 66.7 cm³/mol. The van der Waals surface area contributed by atoms with Gasteiger partial charge in [-0.2, -0.15) is 4.99 Å². The van der Waals surface area contributed by atoms with Gasteiger partial charge in [0.05, 0.1) is 19.4 Å². The summed E-state index contributed by atoms with van der Waals surface area (Å²) in [6.07, 6.45) is 2.63. The summed E-state index contributed by atoms with van der Waals surface area (Å²) >= 11 is 1.04. The van der Waals surface area contributed by atoms with Gasteiger partial charge in [0.1, 0.15) is 5.75 Å². The Kier molecular flexibility index (Phi) is 6.35. The van der Waals surface area contributed by atoms with Crippen LogP contribution >= 0.6 is 11.8 Å². The quantitative estimate of drug-likeness (QED) is 0.266. The zero-order chi connectivity index (χ0) is 14.1. The van der Waals surface area contributed by atoms with Gasteiger partial charge in [-0.15, -0.1) is 0 Å². The van der Waals surface area contributed by atoms with Crippen molar-refractivity contribution in [2.45, 2.75) is 10.3 Å². The molecule has 0 saturated heterocycles. The number of ether oxygens (including phenoxy) is 1. The van der Waals surface area contributed by atoms with Crippen molar-refractivity contribution in [3.8, 4) is 5.75 Å². The number of rotatable bonds is 7. The van der Waals surface area contributed by atoms with Crippen molar-refractivity contribution < 1.29 is 24.3 Å². The third-order valence-corrected chi connectivity index (χ3v) is 3.04. The molecule has 0 bridgehead atoms. The van der Waals surface area contributed by atoms with Crippen LogP contribution in [0, 0.1) is 0 Å². The third kappa shape index (κ3) is 4.57. The van der Waals surface area contributed by atoms with Crippen LogP contribution in [0.5, 0.6) is 5.75 Å². The van der Waals surface area contributed by atoms with Crippen molar-refractivity contribution in [2.24, 2.45) is 10.1 Å². The summed E-state index contributed by atoms with van der Waals surface area (Å²) in [6.45, 7) is -0.383. The van der Waals surface area contributed by atoms with Gasteiger partial charge in [-0.05, 0) is 12.1 Å². The molecule has 0 aliphatic heterocycles. The van der Waals surface area contributed by atoms with E-state index in [0.717, 1.165) is 11.8 Å². The lowest BCUT2D eigenvalue weighted by Gasteiger charge is -2.12. The summed E-state index contributed by atoms with van der Waals surface area (Å²) < 4.78 is 5.00. The fraction of sp³-hybridized carbons (Fsp3) is 0.273. The number of carbonyl (C=O) groups excluding carboxylic acids is 2. The van der Waals surface area contributed by atoms with E-state index in [4.69, 9.17) is 9.84 Å². The van der Waals surface area contributed by atoms with Crippen LogP contribution < -0.4 is 4.74 Å². The molecule has 0 aromatic heterocycles. The maximum Gasteiger partial charge on any atom is 0.276 e. The molecule has 19 heavy (non-hydrogen) atoms. The number of aliphatic hydroxyl groups excluding tert-OH is 1. The topological polar surface area (TPSA) is 97.6 Å². The van der Waals surface area contributed by atoms with Crippen molar-refractivity contribution >= 4 is 29.6 Å². The highest BCUT2D eigenvalue weighted by Crippen LogP contribution is 2.35. The normalized spacial score (nSPS) is 10.8. The summed E-state index contributed by atoms with van der Waals surface area (Å²) in [5.74, 6) is 0.519. The van der Waals surface area contributed by atoms with Gasteiger partial charge < -0.3 is 14.7 Å². The van der Waals surface area contributed by atoms with Gasteiger partial charge in [-0.3, -0.25) is 0 Å². The van der Waals surface area contributed by atoms with Gasteiger partial charge in [0.2, 0.25) is 11.5 Å². The minimum Gasteiger partial charge on any atom is -0.497 e. The Labute approximate surface area is 112 Å². The first-order valence-electron chi connectivity index (χ1n) is 5.01. The number of hydrogen-bond donors (Lipinski definition) is 1. The van der Waals surface area contributed by atoms with E-state index in [1.54, 1.807) is 12.1 Å². The first-order valence-corrected chi connectivity index (χ1v) is 5.89. The highest BCUT2D eigenvalue weighted by atomic mass is 32.2. The molecule has 0 aliphatic carbocycles. The molecule has 100 valence electrons. The van der Waals surface area contributed by atoms with Crippen LogP contribution in [-0.2, 0) is 14.4 Å². The molecule has 0 spiro atoms. The van der Waals surface area contributed by atoms with E-state index in [9.17, 15) is 9.59 Å². The number of isocyanates is 2. The minimum absolute atomic E-state index is 0.316. The average molecular weight is 282 g/mol. The molecule has 0 saturated carbocycles. The number of methoxy groups -OCH3 is 1. The van der Waals surface area contributed by atoms with Gasteiger partial charge in [0.15, 0.2) is 0 Å². The van der Waals surface area contributed by atoms with Crippen molar-refractivity contribution in [3.05, 3.63) is 18.2 Å². The molecule has 0 fully saturated rings. The molecule has 1 unspecified atom stereocenters. The number of benzene rings is 1. The summed E-state index contributed by atoms with van der Waals surface area (Å²) in [7, 11) is 1.48. The van der Waals surface area contributed by atoms with E-state index in [1.807, 2.05) is 0 Å². The summed E-state index contributed by atoms with van der Waals surface area (Å²) in [6, 6.07) is 4.82. The van der Waals surface area contributed by atoms with Crippen LogP contribution in [0.25, 0.3) is 0 Å². The number of hydrogen-bond acceptors (Lipinski definition) is 8. The van der Waals surface area contributed by atoms with Gasteiger partial charge in [-0.1, -0.05) is 11.8 Å². The lowest BCUT2D eigenvalue weighted by atomic mass is 10.3. The van der Waals surface area contributed by atoms with E-state index < -0.39 is 5.44 Å². The van der Waals surface area contributed by atoms with E-state index in [1.165, 1.54) is 25.3 Å². The molecule has 1 atom stereocenters. The maximum atomic E-state index is 10.4. The number of aliphatic imine (C=N–C) groups is 1. The number of aliphatic hydroxyl groups is 1. The summed E-state index contributed by atoms with van der Waals surface area (Å²) in [4.78, 5) is 29.1. The van der Waals surface area contributed by atoms with Crippen molar-refractivity contribution in [2.75, 3.05) is 13.7 Å². The molecule has 1 rings (SSSR count). The van der Waals surface area contributed by atoms with Crippen LogP contribution in [0.3, 0.4) is 0 Å². The fourth-order valence-electron chi connectivity index (χ4n) is 1.17. The highest BCUT2D eigenvalue weighted by Gasteiger charge is 2.14. The summed E-state index contributed by atoms with van der Waals surface area (Å²) in [5.41, 5.74) is -0.494. The van der Waals surface area contributed by atoms with Gasteiger partial charge in [0.25, 0.3) is 6.08 Å². The van der Waals surface area contributed by atoms with Crippen molar-refractivity contribution in [1.82, 2.24) is 0 Å². The second kappa shape index (κ2) is 8.07. The van der Waals surface area contributed by atoms with Crippen LogP contribution in [0.4, 0.5) is 5.69 Å². The zero-order valence-electron chi connectivity index (χ0n) is 9.90. The van der Waals surface area contributed by atoms with Crippen LogP contribution in [0.15, 0.2) is 33.2 Å². The van der Waals surface area contributed by atoms with Crippen LogP contribution in [0.2, 0.25) is 0 Å². The molecule has 0 heterocycles. The third-order valence-electron chi connectivity index (χ3n) is 1.95. The summed E-state index contributed by atoms with van der Waals surface area (Å²) in [5, 5.41) is 12.0. The number of thioether (sulfide) groups is 1. The Balaban J connectivity index is 2.97. The van der Waals surface area contributed by atoms with E-state index >= 15 is 0 Å². The molecule has 0 amide bonds. The molecular formula is C11H10N2O5S. The molecule has 7 nitrogen and oxygen atoms in total. The SMILES string of the molecule is COc1ccc(SC(CO)ON=C=O)c(N=C=O)c1. The van der Waals surface area contributed by atoms with Crippen molar-refractivity contribution in [1.29, 1.82) is 0 Å². The molecule has 0 aliphatic rings. The standard InChI is InChI=1S/C11H10N2O5S/c1-17-8-2-3-10(9(4-8)12-6-15)19-11(5-14)18-13-7-16/h2-4,11,14H,5H2,1H3. The highest BCUT2D eigenvalue weighted by molar-refractivity contribution is 8.00. The Morgan fingerprint density at radius 3 is 2.79 bits per heavy atom. The predicted octanol–water partition coefficient (Wildman–Crippen LogP) is 1.34. The lowest BCUT2D eigenvalue weighted by molar-refractivity contribution is 0.0739. The first kappa shape index (κ1) is 14.9. The molecule has 1 aromatic carbocycles. The first-order chi connectivity index (χ1) is 9.24. The Bertz CT molecular complexity index is 524. The second-order valence-corrected chi connectivity index (χ2v) is 4.26. The molecule has 1 aromatic rings. The monoisotopic (exact) mass is 282 g/mol. The number of nitrogens with zero attached hydrogens (tertiary/aromatic N) is 2. The van der Waals surface area contributed by atoms with Crippen LogP contribution in [0.1, 0.15) is 0 Å². The molecule has 0 radical (unpaired) electrons. The minimum atomic E-state index is -0.810. The largest absolute Gasteiger partial charge is 0.497 e. The van der Waals surface area contributed by atoms with Gasteiger partial charge in [-0.25, -0.2) is 9.59 Å². The van der Waals surface area contributed by atoms with Crippen LogP contribution in [-0.4, -0.2) is 36.4 Å². The molecule has 8 heteroatoms. The zero-order valence-corrected chi connectivity index (χ0v) is 10.7. The molecular weight excluding hydrogens is 272 g/mol. The molecule has 1 N–H and O–H groups in total. The Morgan fingerprint density at radius 2 is 2.21 bits per heavy atom. The van der Waals surface area contributed by atoms with Gasteiger partial charge >= 0.3 is 0 Å². The van der Waals surface area contributed by atoms with E-state index in [-0.39, 0.29) is 6.61 Å². The second-order valence-electron chi connectivity index (χ2n) is 3.05. The van der Waals surface area contributed by atoms with Gasteiger partial charge in [0, 0.05) is 16.1 Å². The maximum absolute atomic E-state index is 10.4. The fourth-order valence-corrected chi connectivity index (χ4v) is 1.99. The Hall–Kier alpha value is -2.11. The van der Waals surface area contributed by atoms with E-state index in [0.29, 0.717) is 16.3 Å². The lowest BCUT2D eigenvalue weighted by Crippen LogP contribution is -2.09. The van der Waals surface area contributed by atoms with E-state index in [2.05, 4.69) is 15.0 Å². The Morgan fingerprint density at radius 1 is 1.42 bits per heavy atom. The van der Waals surface area contributed by atoms with Crippen molar-refractivity contribution in [3.63, 3.8) is 0 Å².